The molecule has 1 aromatic carbocycles. The maximum atomic E-state index is 10.3. The van der Waals surface area contributed by atoms with Gasteiger partial charge in [-0.25, -0.2) is 9.97 Å². The Kier molecular flexibility index (Phi) is 6.19. The van der Waals surface area contributed by atoms with E-state index in [1.54, 1.807) is 37.1 Å². The van der Waals surface area contributed by atoms with Gasteiger partial charge in [0.05, 0.1) is 37.1 Å². The normalized spacial score (nSPS) is 16.3. The molecule has 2 aliphatic rings. The monoisotopic (exact) mass is 497 g/mol. The predicted molar refractivity (Wildman–Crippen MR) is 141 cm³/mol. The minimum Gasteiger partial charge on any atom is -0.389 e. The number of nitrogens with zero attached hydrogens (tertiary/aromatic N) is 6. The van der Waals surface area contributed by atoms with Crippen LogP contribution in [-0.4, -0.2) is 66.1 Å². The molecule has 0 radical (unpaired) electrons. The molecule has 0 amide bonds. The van der Waals surface area contributed by atoms with E-state index in [0.29, 0.717) is 18.5 Å². The van der Waals surface area contributed by atoms with Crippen molar-refractivity contribution in [2.75, 3.05) is 25.1 Å². The highest BCUT2D eigenvalue weighted by molar-refractivity contribution is 5.78. The second kappa shape index (κ2) is 9.66. The van der Waals surface area contributed by atoms with E-state index < -0.39 is 5.60 Å². The summed E-state index contributed by atoms with van der Waals surface area (Å²) < 4.78 is 7.13. The number of fused-ring (bicyclic) bond motifs is 1. The van der Waals surface area contributed by atoms with E-state index in [1.807, 2.05) is 24.4 Å². The maximum Gasteiger partial charge on any atom is 0.227 e. The predicted octanol–water partition coefficient (Wildman–Crippen LogP) is 3.67. The van der Waals surface area contributed by atoms with Gasteiger partial charge in [-0.3, -0.25) is 14.6 Å². The molecule has 0 atom stereocenters. The first kappa shape index (κ1) is 23.7. The summed E-state index contributed by atoms with van der Waals surface area (Å²) in [6.45, 7) is 7.62. The molecular formula is C28H31N7O2. The Morgan fingerprint density at radius 2 is 2.03 bits per heavy atom. The molecule has 0 spiro atoms. The summed E-state index contributed by atoms with van der Waals surface area (Å²) in [5.41, 5.74) is 6.06. The molecule has 0 aliphatic carbocycles. The van der Waals surface area contributed by atoms with E-state index in [-0.39, 0.29) is 0 Å². The van der Waals surface area contributed by atoms with Gasteiger partial charge in [0.25, 0.3) is 0 Å². The van der Waals surface area contributed by atoms with Gasteiger partial charge >= 0.3 is 0 Å². The smallest absolute Gasteiger partial charge is 0.227 e. The molecule has 0 bridgehead atoms. The highest BCUT2D eigenvalue weighted by Crippen LogP contribution is 2.31. The van der Waals surface area contributed by atoms with Crippen LogP contribution in [0.4, 0.5) is 11.6 Å². The van der Waals surface area contributed by atoms with Gasteiger partial charge in [0, 0.05) is 54.7 Å². The second-order valence-corrected chi connectivity index (χ2v) is 10.4. The van der Waals surface area contributed by atoms with Crippen molar-refractivity contribution in [1.82, 2.24) is 29.6 Å². The van der Waals surface area contributed by atoms with Crippen LogP contribution in [0.5, 0.6) is 0 Å². The zero-order valence-corrected chi connectivity index (χ0v) is 21.1. The molecule has 1 saturated heterocycles. The van der Waals surface area contributed by atoms with E-state index in [9.17, 15) is 5.11 Å². The van der Waals surface area contributed by atoms with E-state index in [0.717, 1.165) is 60.9 Å². The van der Waals surface area contributed by atoms with Gasteiger partial charge in [-0.2, -0.15) is 5.10 Å². The molecule has 0 saturated carbocycles. The van der Waals surface area contributed by atoms with Crippen LogP contribution in [0.3, 0.4) is 0 Å². The molecule has 4 aromatic rings. The number of hydrogen-bond acceptors (Lipinski definition) is 8. The standard InChI is InChI=1S/C28H31N7O2/c1-28(2,36)18-35-15-24(26(33-35)20-4-3-9-29-13-20)25-7-10-30-27(32-25)31-22-6-5-21-14-34(23-16-37-17-23)11-8-19(21)12-22/h3-7,9-10,12-13,15,23,36H,8,11,14,16-18H2,1-2H3,(H,30,31,32). The van der Waals surface area contributed by atoms with Crippen molar-refractivity contribution in [1.29, 1.82) is 0 Å². The average molecular weight is 498 g/mol. The molecule has 5 heterocycles. The van der Waals surface area contributed by atoms with Crippen molar-refractivity contribution in [3.05, 3.63) is 72.3 Å². The van der Waals surface area contributed by atoms with E-state index in [1.165, 1.54) is 11.1 Å². The molecule has 37 heavy (non-hydrogen) atoms. The van der Waals surface area contributed by atoms with Crippen LogP contribution in [-0.2, 0) is 24.2 Å². The third kappa shape index (κ3) is 5.24. The van der Waals surface area contributed by atoms with Gasteiger partial charge in [0.1, 0.15) is 5.69 Å². The quantitative estimate of drug-likeness (QED) is 0.399. The molecule has 190 valence electrons. The summed E-state index contributed by atoms with van der Waals surface area (Å²) in [6, 6.07) is 12.8. The summed E-state index contributed by atoms with van der Waals surface area (Å²) in [4.78, 5) is 16.1. The second-order valence-electron chi connectivity index (χ2n) is 10.4. The molecule has 0 unspecified atom stereocenters. The number of aliphatic hydroxyl groups is 1. The van der Waals surface area contributed by atoms with Crippen molar-refractivity contribution < 1.29 is 9.84 Å². The van der Waals surface area contributed by atoms with Crippen LogP contribution < -0.4 is 5.32 Å². The van der Waals surface area contributed by atoms with E-state index in [4.69, 9.17) is 14.8 Å². The Balaban J connectivity index is 1.26. The first-order valence-corrected chi connectivity index (χ1v) is 12.7. The fourth-order valence-corrected chi connectivity index (χ4v) is 4.90. The lowest BCUT2D eigenvalue weighted by Gasteiger charge is -2.40. The zero-order valence-electron chi connectivity index (χ0n) is 21.1. The largest absolute Gasteiger partial charge is 0.389 e. The fraction of sp³-hybridized carbons (Fsp3) is 0.357. The van der Waals surface area contributed by atoms with Crippen LogP contribution in [0.25, 0.3) is 22.5 Å². The SMILES string of the molecule is CC(C)(O)Cn1cc(-c2ccnc(Nc3ccc4c(c3)CCN(C3COC3)C4)n2)c(-c2cccnc2)n1. The Bertz CT molecular complexity index is 1390. The lowest BCUT2D eigenvalue weighted by atomic mass is 9.97. The van der Waals surface area contributed by atoms with E-state index >= 15 is 0 Å². The number of benzene rings is 1. The minimum absolute atomic E-state index is 0.358. The summed E-state index contributed by atoms with van der Waals surface area (Å²) in [6.07, 6.45) is 8.22. The summed E-state index contributed by atoms with van der Waals surface area (Å²) in [5, 5.41) is 18.5. The number of aromatic nitrogens is 5. The molecular weight excluding hydrogens is 466 g/mol. The summed E-state index contributed by atoms with van der Waals surface area (Å²) in [5.74, 6) is 0.522. The van der Waals surface area contributed by atoms with Crippen LogP contribution in [0.15, 0.2) is 61.2 Å². The lowest BCUT2D eigenvalue weighted by molar-refractivity contribution is -0.0694. The molecule has 6 rings (SSSR count). The number of rotatable bonds is 7. The Hall–Kier alpha value is -3.66. The minimum atomic E-state index is -0.900. The van der Waals surface area contributed by atoms with Crippen LogP contribution >= 0.6 is 0 Å². The van der Waals surface area contributed by atoms with Crippen molar-refractivity contribution >= 4 is 11.6 Å². The maximum absolute atomic E-state index is 10.3. The van der Waals surface area contributed by atoms with Gasteiger partial charge in [0.2, 0.25) is 5.95 Å². The van der Waals surface area contributed by atoms with Gasteiger partial charge in [-0.05, 0) is 61.7 Å². The summed E-state index contributed by atoms with van der Waals surface area (Å²) in [7, 11) is 0. The Morgan fingerprint density at radius 1 is 1.14 bits per heavy atom. The number of pyridine rings is 1. The van der Waals surface area contributed by atoms with E-state index in [2.05, 4.69) is 38.4 Å². The van der Waals surface area contributed by atoms with Crippen molar-refractivity contribution in [2.45, 2.75) is 45.0 Å². The topological polar surface area (TPSA) is 101 Å². The molecule has 2 N–H and O–H groups in total. The zero-order chi connectivity index (χ0) is 25.4. The van der Waals surface area contributed by atoms with Gasteiger partial charge in [-0.1, -0.05) is 6.07 Å². The number of anilines is 2. The van der Waals surface area contributed by atoms with Crippen LogP contribution in [0.1, 0.15) is 25.0 Å². The van der Waals surface area contributed by atoms with Crippen LogP contribution in [0.2, 0.25) is 0 Å². The Morgan fingerprint density at radius 3 is 2.78 bits per heavy atom. The van der Waals surface area contributed by atoms with Crippen molar-refractivity contribution in [3.8, 4) is 22.5 Å². The van der Waals surface area contributed by atoms with Gasteiger partial charge in [0.15, 0.2) is 0 Å². The number of ether oxygens (including phenoxy) is 1. The first-order valence-electron chi connectivity index (χ1n) is 12.7. The van der Waals surface area contributed by atoms with Crippen molar-refractivity contribution in [2.24, 2.45) is 0 Å². The summed E-state index contributed by atoms with van der Waals surface area (Å²) >= 11 is 0. The lowest BCUT2D eigenvalue weighted by Crippen LogP contribution is -2.50. The van der Waals surface area contributed by atoms with Gasteiger partial charge < -0.3 is 15.2 Å². The fourth-order valence-electron chi connectivity index (χ4n) is 4.90. The van der Waals surface area contributed by atoms with Crippen LogP contribution in [0, 0.1) is 0 Å². The number of hydrogen-bond donors (Lipinski definition) is 2. The first-order chi connectivity index (χ1) is 17.9. The Labute approximate surface area is 216 Å². The highest BCUT2D eigenvalue weighted by atomic mass is 16.5. The molecule has 1 fully saturated rings. The average Bonchev–Trinajstić information content (AvgIpc) is 3.26. The molecule has 9 heteroatoms. The third-order valence-corrected chi connectivity index (χ3v) is 6.82. The third-order valence-electron chi connectivity index (χ3n) is 6.82. The number of nitrogens with one attached hydrogen (secondary N) is 1. The van der Waals surface area contributed by atoms with Gasteiger partial charge in [-0.15, -0.1) is 0 Å². The van der Waals surface area contributed by atoms with Crippen molar-refractivity contribution in [3.63, 3.8) is 0 Å². The molecule has 9 nitrogen and oxygen atoms in total. The molecule has 3 aromatic heterocycles. The molecule has 2 aliphatic heterocycles. The highest BCUT2D eigenvalue weighted by Gasteiger charge is 2.28.